The average Bonchev–Trinajstić information content (AvgIpc) is 2.12. The van der Waals surface area contributed by atoms with Crippen LogP contribution in [0, 0.1) is 5.82 Å². The monoisotopic (exact) mass is 260 g/mol. The maximum Gasteiger partial charge on any atom is 0.319 e. The third-order valence-electron chi connectivity index (χ3n) is 1.51. The standard InChI is InChI=1S/C9H10BrFN2O/c1-2-12-9(14)13-6-3-4-7(10)8(11)5-6/h3-5H,2H2,1H3,(H2,12,13,14). The second-order valence-electron chi connectivity index (χ2n) is 2.61. The molecule has 1 rings (SSSR count). The molecule has 0 aromatic heterocycles. The van der Waals surface area contributed by atoms with Gasteiger partial charge in [0.2, 0.25) is 0 Å². The molecular weight excluding hydrogens is 251 g/mol. The van der Waals surface area contributed by atoms with E-state index in [1.807, 2.05) is 6.92 Å². The zero-order valence-corrected chi connectivity index (χ0v) is 9.19. The number of hydrogen-bond acceptors (Lipinski definition) is 1. The number of halogens is 2. The summed E-state index contributed by atoms with van der Waals surface area (Å²) in [5.74, 6) is -0.403. The van der Waals surface area contributed by atoms with Crippen molar-refractivity contribution in [2.24, 2.45) is 0 Å². The zero-order chi connectivity index (χ0) is 10.6. The van der Waals surface area contributed by atoms with Crippen LogP contribution in [0.25, 0.3) is 0 Å². The maximum atomic E-state index is 13.0. The number of rotatable bonds is 2. The normalized spacial score (nSPS) is 9.64. The van der Waals surface area contributed by atoms with Gasteiger partial charge >= 0.3 is 6.03 Å². The van der Waals surface area contributed by atoms with Gasteiger partial charge in [0, 0.05) is 12.2 Å². The van der Waals surface area contributed by atoms with E-state index >= 15 is 0 Å². The van der Waals surface area contributed by atoms with Crippen LogP contribution in [0.3, 0.4) is 0 Å². The molecule has 1 aromatic rings. The van der Waals surface area contributed by atoms with Gasteiger partial charge in [0.05, 0.1) is 4.47 Å². The first-order chi connectivity index (χ1) is 6.63. The summed E-state index contributed by atoms with van der Waals surface area (Å²) in [6.07, 6.45) is 0. The lowest BCUT2D eigenvalue weighted by molar-refractivity contribution is 0.252. The number of benzene rings is 1. The van der Waals surface area contributed by atoms with Crippen LogP contribution in [0.2, 0.25) is 0 Å². The lowest BCUT2D eigenvalue weighted by Gasteiger charge is -2.05. The van der Waals surface area contributed by atoms with Gasteiger partial charge in [0.1, 0.15) is 5.82 Å². The summed E-state index contributed by atoms with van der Waals surface area (Å²) in [6.45, 7) is 2.34. The Hall–Kier alpha value is -1.10. The van der Waals surface area contributed by atoms with E-state index in [4.69, 9.17) is 0 Å². The molecule has 1 aromatic carbocycles. The molecule has 76 valence electrons. The molecule has 14 heavy (non-hydrogen) atoms. The van der Waals surface area contributed by atoms with E-state index in [0.29, 0.717) is 16.7 Å². The highest BCUT2D eigenvalue weighted by Crippen LogP contribution is 2.18. The van der Waals surface area contributed by atoms with Crippen LogP contribution in [0.5, 0.6) is 0 Å². The zero-order valence-electron chi connectivity index (χ0n) is 7.60. The van der Waals surface area contributed by atoms with Gasteiger partial charge in [-0.1, -0.05) is 0 Å². The third kappa shape index (κ3) is 2.99. The molecular formula is C9H10BrFN2O. The number of nitrogens with one attached hydrogen (secondary N) is 2. The molecule has 0 saturated heterocycles. The summed E-state index contributed by atoms with van der Waals surface area (Å²) in [5.41, 5.74) is 0.427. The first kappa shape index (κ1) is 11.0. The van der Waals surface area contributed by atoms with E-state index in [-0.39, 0.29) is 6.03 Å². The highest BCUT2D eigenvalue weighted by molar-refractivity contribution is 9.10. The van der Waals surface area contributed by atoms with Crippen LogP contribution < -0.4 is 10.6 Å². The molecule has 3 nitrogen and oxygen atoms in total. The van der Waals surface area contributed by atoms with Crippen LogP contribution >= 0.6 is 15.9 Å². The number of amides is 2. The molecule has 2 N–H and O–H groups in total. The predicted molar refractivity (Wildman–Crippen MR) is 56.8 cm³/mol. The number of carbonyl (C=O) groups is 1. The first-order valence-electron chi connectivity index (χ1n) is 4.13. The Bertz CT molecular complexity index is 344. The second kappa shape index (κ2) is 4.95. The minimum absolute atomic E-state index is 0.339. The topological polar surface area (TPSA) is 41.1 Å². The fourth-order valence-electron chi connectivity index (χ4n) is 0.910. The molecule has 5 heteroatoms. The van der Waals surface area contributed by atoms with Crippen LogP contribution in [0.1, 0.15) is 6.92 Å². The smallest absolute Gasteiger partial charge is 0.319 e. The molecule has 2 amide bonds. The van der Waals surface area contributed by atoms with Crippen molar-refractivity contribution >= 4 is 27.6 Å². The summed E-state index contributed by atoms with van der Waals surface area (Å²) in [6, 6.07) is 4.06. The molecule has 0 saturated carbocycles. The molecule has 0 bridgehead atoms. The second-order valence-corrected chi connectivity index (χ2v) is 3.47. The summed E-state index contributed by atoms with van der Waals surface area (Å²) in [7, 11) is 0. The quantitative estimate of drug-likeness (QED) is 0.844. The fourth-order valence-corrected chi connectivity index (χ4v) is 1.16. The molecule has 0 heterocycles. The SMILES string of the molecule is CCNC(=O)Nc1ccc(Br)c(F)c1. The predicted octanol–water partition coefficient (Wildman–Crippen LogP) is 2.73. The molecule has 0 radical (unpaired) electrons. The summed E-state index contributed by atoms with van der Waals surface area (Å²) < 4.78 is 13.4. The minimum Gasteiger partial charge on any atom is -0.338 e. The van der Waals surface area contributed by atoms with Gasteiger partial charge in [0.25, 0.3) is 0 Å². The lowest BCUT2D eigenvalue weighted by Crippen LogP contribution is -2.28. The number of carbonyl (C=O) groups excluding carboxylic acids is 1. The summed E-state index contributed by atoms with van der Waals surface area (Å²) in [4.78, 5) is 11.1. The van der Waals surface area contributed by atoms with Crippen LogP contribution in [0.15, 0.2) is 22.7 Å². The molecule has 0 spiro atoms. The highest BCUT2D eigenvalue weighted by Gasteiger charge is 2.03. The molecule has 0 aliphatic rings. The summed E-state index contributed by atoms with van der Waals surface area (Å²) >= 11 is 3.02. The molecule has 0 aliphatic carbocycles. The van der Waals surface area contributed by atoms with Gasteiger partial charge < -0.3 is 10.6 Å². The van der Waals surface area contributed by atoms with Crippen LogP contribution in [0.4, 0.5) is 14.9 Å². The first-order valence-corrected chi connectivity index (χ1v) is 4.92. The maximum absolute atomic E-state index is 13.0. The molecule has 0 atom stereocenters. The Morgan fingerprint density at radius 1 is 1.57 bits per heavy atom. The number of hydrogen-bond donors (Lipinski definition) is 2. The number of anilines is 1. The third-order valence-corrected chi connectivity index (χ3v) is 2.16. The molecule has 0 unspecified atom stereocenters. The Balaban J connectivity index is 2.68. The van der Waals surface area contributed by atoms with Crippen molar-refractivity contribution in [3.8, 4) is 0 Å². The average molecular weight is 261 g/mol. The van der Waals surface area contributed by atoms with Crippen molar-refractivity contribution in [3.05, 3.63) is 28.5 Å². The van der Waals surface area contributed by atoms with Crippen molar-refractivity contribution in [2.75, 3.05) is 11.9 Å². The lowest BCUT2D eigenvalue weighted by atomic mass is 10.3. The van der Waals surface area contributed by atoms with E-state index < -0.39 is 5.82 Å². The fraction of sp³-hybridized carbons (Fsp3) is 0.222. The number of urea groups is 1. The van der Waals surface area contributed by atoms with Gasteiger partial charge in [-0.3, -0.25) is 0 Å². The summed E-state index contributed by atoms with van der Waals surface area (Å²) in [5, 5.41) is 5.04. The van der Waals surface area contributed by atoms with Crippen molar-refractivity contribution in [2.45, 2.75) is 6.92 Å². The Labute approximate surface area is 89.8 Å². The van der Waals surface area contributed by atoms with E-state index in [9.17, 15) is 9.18 Å². The van der Waals surface area contributed by atoms with E-state index in [1.54, 1.807) is 6.07 Å². The molecule has 0 fully saturated rings. The molecule has 0 aliphatic heterocycles. The largest absolute Gasteiger partial charge is 0.338 e. The van der Waals surface area contributed by atoms with Gasteiger partial charge in [0.15, 0.2) is 0 Å². The Morgan fingerprint density at radius 2 is 2.29 bits per heavy atom. The van der Waals surface area contributed by atoms with Crippen LogP contribution in [-0.4, -0.2) is 12.6 Å². The van der Waals surface area contributed by atoms with Crippen LogP contribution in [-0.2, 0) is 0 Å². The van der Waals surface area contributed by atoms with Gasteiger partial charge in [-0.15, -0.1) is 0 Å². The van der Waals surface area contributed by atoms with Crippen molar-refractivity contribution in [1.29, 1.82) is 0 Å². The van der Waals surface area contributed by atoms with Gasteiger partial charge in [-0.2, -0.15) is 0 Å². The highest BCUT2D eigenvalue weighted by atomic mass is 79.9. The Kier molecular flexibility index (Phi) is 3.88. The van der Waals surface area contributed by atoms with E-state index in [1.165, 1.54) is 12.1 Å². The van der Waals surface area contributed by atoms with Gasteiger partial charge in [-0.25, -0.2) is 9.18 Å². The van der Waals surface area contributed by atoms with Crippen molar-refractivity contribution < 1.29 is 9.18 Å². The van der Waals surface area contributed by atoms with E-state index in [2.05, 4.69) is 26.6 Å². The van der Waals surface area contributed by atoms with E-state index in [0.717, 1.165) is 0 Å². The minimum atomic E-state index is -0.403. The van der Waals surface area contributed by atoms with Crippen molar-refractivity contribution in [3.63, 3.8) is 0 Å². The Morgan fingerprint density at radius 3 is 2.86 bits per heavy atom. The van der Waals surface area contributed by atoms with Crippen molar-refractivity contribution in [1.82, 2.24) is 5.32 Å². The van der Waals surface area contributed by atoms with Gasteiger partial charge in [-0.05, 0) is 41.1 Å².